The van der Waals surface area contributed by atoms with Crippen molar-refractivity contribution in [2.75, 3.05) is 5.32 Å². The first kappa shape index (κ1) is 13.3. The first-order valence-corrected chi connectivity index (χ1v) is 7.31. The monoisotopic (exact) mass is 302 g/mol. The van der Waals surface area contributed by atoms with Gasteiger partial charge in [0.25, 0.3) is 5.91 Å². The van der Waals surface area contributed by atoms with Crippen molar-refractivity contribution in [3.63, 3.8) is 0 Å². The highest BCUT2D eigenvalue weighted by molar-refractivity contribution is 6.11. The van der Waals surface area contributed by atoms with Gasteiger partial charge in [-0.3, -0.25) is 4.79 Å². The minimum absolute atomic E-state index is 0.224. The zero-order valence-corrected chi connectivity index (χ0v) is 12.3. The van der Waals surface area contributed by atoms with E-state index in [1.165, 1.54) is 0 Å². The van der Waals surface area contributed by atoms with E-state index < -0.39 is 0 Å². The topological polar surface area (TPSA) is 51.9 Å². The second kappa shape index (κ2) is 5.46. The number of hydrogen-bond acceptors (Lipinski definition) is 2. The molecule has 0 spiro atoms. The van der Waals surface area contributed by atoms with Gasteiger partial charge in [-0.25, -0.2) is 4.68 Å². The van der Waals surface area contributed by atoms with E-state index in [-0.39, 0.29) is 5.91 Å². The first-order valence-electron chi connectivity index (χ1n) is 7.31. The Kier molecular flexibility index (Phi) is 3.16. The number of hydrogen-bond donors (Lipinski definition) is 1. The molecule has 0 aliphatic heterocycles. The van der Waals surface area contributed by atoms with Crippen LogP contribution in [0.2, 0.25) is 0 Å². The maximum Gasteiger partial charge on any atom is 0.276 e. The van der Waals surface area contributed by atoms with Gasteiger partial charge in [0, 0.05) is 23.5 Å². The lowest BCUT2D eigenvalue weighted by Crippen LogP contribution is -2.15. The van der Waals surface area contributed by atoms with Crippen molar-refractivity contribution in [3.8, 4) is 0 Å². The maximum absolute atomic E-state index is 12.6. The molecule has 4 aromatic rings. The number of carbonyl (C=O) groups excluding carboxylic acids is 1. The van der Waals surface area contributed by atoms with Crippen LogP contribution in [0, 0.1) is 0 Å². The van der Waals surface area contributed by atoms with E-state index in [0.29, 0.717) is 5.69 Å². The van der Waals surface area contributed by atoms with Gasteiger partial charge >= 0.3 is 0 Å². The minimum Gasteiger partial charge on any atom is -0.321 e. The van der Waals surface area contributed by atoms with Gasteiger partial charge in [0.2, 0.25) is 0 Å². The number of nitrogens with one attached hydrogen (secondary N) is 1. The highest BCUT2D eigenvalue weighted by Gasteiger charge is 2.17. The zero-order chi connectivity index (χ0) is 15.6. The third kappa shape index (κ3) is 2.38. The van der Waals surface area contributed by atoms with Crippen LogP contribution >= 0.6 is 0 Å². The van der Waals surface area contributed by atoms with Crippen LogP contribution in [0.5, 0.6) is 0 Å². The Morgan fingerprint density at radius 1 is 0.870 bits per heavy atom. The van der Waals surface area contributed by atoms with Gasteiger partial charge in [-0.15, -0.1) is 5.10 Å². The molecule has 1 N–H and O–H groups in total. The van der Waals surface area contributed by atoms with E-state index in [0.717, 1.165) is 16.6 Å². The normalized spacial score (nSPS) is 10.8. The molecule has 0 saturated carbocycles. The molecule has 2 heterocycles. The van der Waals surface area contributed by atoms with Crippen molar-refractivity contribution < 1.29 is 4.79 Å². The highest BCUT2D eigenvalue weighted by atomic mass is 16.2. The van der Waals surface area contributed by atoms with Gasteiger partial charge in [-0.05, 0) is 30.3 Å². The van der Waals surface area contributed by atoms with Crippen LogP contribution in [0.1, 0.15) is 10.5 Å². The summed E-state index contributed by atoms with van der Waals surface area (Å²) >= 11 is 0. The maximum atomic E-state index is 12.6. The van der Waals surface area contributed by atoms with Crippen molar-refractivity contribution in [2.45, 2.75) is 0 Å². The standard InChI is InChI=1S/C18H14N4O/c23-18(19-14-8-2-1-3-9-14)17-15-10-4-5-11-16(15)22(20-17)21-12-6-7-13-21/h1-13H,(H,19,23). The van der Waals surface area contributed by atoms with Crippen LogP contribution in [0.25, 0.3) is 10.9 Å². The second-order valence-electron chi connectivity index (χ2n) is 5.14. The molecule has 23 heavy (non-hydrogen) atoms. The van der Waals surface area contributed by atoms with E-state index in [1.807, 2.05) is 83.8 Å². The summed E-state index contributed by atoms with van der Waals surface area (Å²) in [6.07, 6.45) is 3.77. The van der Waals surface area contributed by atoms with Crippen molar-refractivity contribution in [1.82, 2.24) is 14.6 Å². The molecular formula is C18H14N4O. The van der Waals surface area contributed by atoms with Gasteiger partial charge in [0.15, 0.2) is 5.69 Å². The number of fused-ring (bicyclic) bond motifs is 1. The van der Waals surface area contributed by atoms with Crippen molar-refractivity contribution in [2.24, 2.45) is 0 Å². The number of anilines is 1. The lowest BCUT2D eigenvalue weighted by molar-refractivity contribution is 0.102. The van der Waals surface area contributed by atoms with Crippen molar-refractivity contribution >= 4 is 22.5 Å². The molecule has 0 aliphatic rings. The molecule has 2 aromatic carbocycles. The summed E-state index contributed by atoms with van der Waals surface area (Å²) in [5.41, 5.74) is 2.03. The molecule has 5 nitrogen and oxygen atoms in total. The first-order chi connectivity index (χ1) is 11.3. The van der Waals surface area contributed by atoms with Crippen LogP contribution in [0.15, 0.2) is 79.1 Å². The molecule has 0 unspecified atom stereocenters. The van der Waals surface area contributed by atoms with Gasteiger partial charge in [0.05, 0.1) is 5.52 Å². The Morgan fingerprint density at radius 3 is 2.35 bits per heavy atom. The van der Waals surface area contributed by atoms with Crippen LogP contribution < -0.4 is 5.32 Å². The zero-order valence-electron chi connectivity index (χ0n) is 12.3. The average molecular weight is 302 g/mol. The number of rotatable bonds is 3. The van der Waals surface area contributed by atoms with Gasteiger partial charge < -0.3 is 5.32 Å². The third-order valence-electron chi connectivity index (χ3n) is 3.62. The van der Waals surface area contributed by atoms with E-state index >= 15 is 0 Å². The van der Waals surface area contributed by atoms with E-state index in [2.05, 4.69) is 10.4 Å². The second-order valence-corrected chi connectivity index (χ2v) is 5.14. The van der Waals surface area contributed by atoms with E-state index in [1.54, 1.807) is 4.79 Å². The molecule has 0 fully saturated rings. The molecule has 1 amide bonds. The van der Waals surface area contributed by atoms with Crippen LogP contribution in [0.4, 0.5) is 5.69 Å². The molecule has 112 valence electrons. The number of amides is 1. The summed E-state index contributed by atoms with van der Waals surface area (Å²) < 4.78 is 1.83. The van der Waals surface area contributed by atoms with Crippen LogP contribution in [0.3, 0.4) is 0 Å². The van der Waals surface area contributed by atoms with Crippen molar-refractivity contribution in [3.05, 3.63) is 84.8 Å². The summed E-state index contributed by atoms with van der Waals surface area (Å²) in [7, 11) is 0. The minimum atomic E-state index is -0.224. The quantitative estimate of drug-likeness (QED) is 0.630. The number of para-hydroxylation sites is 2. The Balaban J connectivity index is 1.80. The molecule has 0 saturated heterocycles. The number of carbonyl (C=O) groups is 1. The smallest absolute Gasteiger partial charge is 0.276 e. The summed E-state index contributed by atoms with van der Waals surface area (Å²) in [5, 5.41) is 8.19. The largest absolute Gasteiger partial charge is 0.321 e. The molecule has 0 bridgehead atoms. The van der Waals surface area contributed by atoms with E-state index in [9.17, 15) is 4.79 Å². The summed E-state index contributed by atoms with van der Waals surface area (Å²) in [5.74, 6) is -0.224. The number of benzene rings is 2. The highest BCUT2D eigenvalue weighted by Crippen LogP contribution is 2.20. The Hall–Kier alpha value is -3.34. The molecule has 0 radical (unpaired) electrons. The molecule has 0 atom stereocenters. The Bertz CT molecular complexity index is 955. The van der Waals surface area contributed by atoms with Crippen molar-refractivity contribution in [1.29, 1.82) is 0 Å². The predicted molar refractivity (Wildman–Crippen MR) is 89.4 cm³/mol. The SMILES string of the molecule is O=C(Nc1ccccc1)c1nn(-n2cccc2)c2ccccc12. The molecule has 4 rings (SSSR count). The van der Waals surface area contributed by atoms with E-state index in [4.69, 9.17) is 0 Å². The molecule has 5 heteroatoms. The number of nitrogens with zero attached hydrogens (tertiary/aromatic N) is 3. The fraction of sp³-hybridized carbons (Fsp3) is 0. The summed E-state index contributed by atoms with van der Waals surface area (Å²) in [6.45, 7) is 0. The Morgan fingerprint density at radius 2 is 1.57 bits per heavy atom. The van der Waals surface area contributed by atoms with Gasteiger partial charge in [-0.2, -0.15) is 4.79 Å². The molecule has 0 aliphatic carbocycles. The fourth-order valence-corrected chi connectivity index (χ4v) is 2.56. The number of aromatic nitrogens is 3. The predicted octanol–water partition coefficient (Wildman–Crippen LogP) is 3.40. The lowest BCUT2D eigenvalue weighted by Gasteiger charge is -2.03. The summed E-state index contributed by atoms with van der Waals surface area (Å²) in [4.78, 5) is 14.3. The van der Waals surface area contributed by atoms with Crippen LogP contribution in [-0.4, -0.2) is 20.5 Å². The third-order valence-corrected chi connectivity index (χ3v) is 3.62. The fourth-order valence-electron chi connectivity index (χ4n) is 2.56. The Labute approximate surface area is 132 Å². The molecule has 2 aromatic heterocycles. The van der Waals surface area contributed by atoms with Gasteiger partial charge in [-0.1, -0.05) is 36.4 Å². The summed E-state index contributed by atoms with van der Waals surface area (Å²) in [6, 6.07) is 20.9. The van der Waals surface area contributed by atoms with Crippen LogP contribution in [-0.2, 0) is 0 Å². The molecular weight excluding hydrogens is 288 g/mol. The average Bonchev–Trinajstić information content (AvgIpc) is 3.23. The lowest BCUT2D eigenvalue weighted by atomic mass is 10.2. The van der Waals surface area contributed by atoms with Gasteiger partial charge in [0.1, 0.15) is 0 Å².